The Bertz CT molecular complexity index is 277. The molecule has 112 valence electrons. The van der Waals surface area contributed by atoms with Crippen molar-refractivity contribution in [2.24, 2.45) is 17.3 Å². The highest BCUT2D eigenvalue weighted by Gasteiger charge is 2.39. The van der Waals surface area contributed by atoms with Gasteiger partial charge in [0.25, 0.3) is 0 Å². The van der Waals surface area contributed by atoms with E-state index in [2.05, 4.69) is 44.8 Å². The van der Waals surface area contributed by atoms with Crippen LogP contribution in [0.1, 0.15) is 60.3 Å². The van der Waals surface area contributed by atoms with Crippen LogP contribution in [0.2, 0.25) is 0 Å². The summed E-state index contributed by atoms with van der Waals surface area (Å²) in [6.07, 6.45) is 5.57. The molecule has 0 aromatic carbocycles. The highest BCUT2D eigenvalue weighted by Crippen LogP contribution is 2.40. The molecule has 2 nitrogen and oxygen atoms in total. The molecule has 19 heavy (non-hydrogen) atoms. The predicted octanol–water partition coefficient (Wildman–Crippen LogP) is 3.52. The summed E-state index contributed by atoms with van der Waals surface area (Å²) in [4.78, 5) is 2.79. The molecule has 1 aliphatic heterocycles. The Labute approximate surface area is 120 Å². The maximum absolute atomic E-state index is 3.76. The number of rotatable bonds is 3. The summed E-state index contributed by atoms with van der Waals surface area (Å²) >= 11 is 0. The van der Waals surface area contributed by atoms with Gasteiger partial charge in [-0.05, 0) is 56.0 Å². The Hall–Kier alpha value is -0.0800. The SMILES string of the molecule is CCNC1CCC(C(C)(C)C)CC1N1CCC(C)C1. The lowest BCUT2D eigenvalue weighted by Gasteiger charge is -2.45. The van der Waals surface area contributed by atoms with Gasteiger partial charge in [-0.25, -0.2) is 0 Å². The van der Waals surface area contributed by atoms with Crippen molar-refractivity contribution in [3.8, 4) is 0 Å². The molecular weight excluding hydrogens is 232 g/mol. The van der Waals surface area contributed by atoms with Gasteiger partial charge in [0, 0.05) is 18.6 Å². The molecule has 2 fully saturated rings. The first-order chi connectivity index (χ1) is 8.91. The highest BCUT2D eigenvalue weighted by atomic mass is 15.2. The van der Waals surface area contributed by atoms with Gasteiger partial charge in [-0.3, -0.25) is 4.90 Å². The third-order valence-corrected chi connectivity index (χ3v) is 5.43. The van der Waals surface area contributed by atoms with Gasteiger partial charge >= 0.3 is 0 Å². The van der Waals surface area contributed by atoms with Gasteiger partial charge in [-0.15, -0.1) is 0 Å². The quantitative estimate of drug-likeness (QED) is 0.841. The van der Waals surface area contributed by atoms with E-state index in [0.29, 0.717) is 5.41 Å². The van der Waals surface area contributed by atoms with Crippen LogP contribution in [0.4, 0.5) is 0 Å². The minimum atomic E-state index is 0.473. The molecular formula is C17H34N2. The Kier molecular flexibility index (Phi) is 4.94. The zero-order chi connectivity index (χ0) is 14.0. The summed E-state index contributed by atoms with van der Waals surface area (Å²) in [5.41, 5.74) is 0.473. The van der Waals surface area contributed by atoms with Crippen molar-refractivity contribution in [1.29, 1.82) is 0 Å². The van der Waals surface area contributed by atoms with E-state index in [1.807, 2.05) is 0 Å². The van der Waals surface area contributed by atoms with E-state index in [-0.39, 0.29) is 0 Å². The second-order valence-corrected chi connectivity index (χ2v) is 8.00. The molecule has 4 unspecified atom stereocenters. The van der Waals surface area contributed by atoms with E-state index >= 15 is 0 Å². The van der Waals surface area contributed by atoms with Crippen molar-refractivity contribution in [3.63, 3.8) is 0 Å². The summed E-state index contributed by atoms with van der Waals surface area (Å²) in [5.74, 6) is 1.79. The van der Waals surface area contributed by atoms with Crippen molar-refractivity contribution >= 4 is 0 Å². The van der Waals surface area contributed by atoms with Gasteiger partial charge in [0.1, 0.15) is 0 Å². The van der Waals surface area contributed by atoms with Crippen LogP contribution in [0.15, 0.2) is 0 Å². The fourth-order valence-corrected chi connectivity index (χ4v) is 4.11. The Morgan fingerprint density at radius 2 is 1.89 bits per heavy atom. The normalized spacial score (nSPS) is 37.7. The standard InChI is InChI=1S/C17H34N2/c1-6-18-15-8-7-14(17(3,4)5)11-16(15)19-10-9-13(2)12-19/h13-16,18H,6-12H2,1-5H3. The van der Waals surface area contributed by atoms with Crippen LogP contribution < -0.4 is 5.32 Å². The van der Waals surface area contributed by atoms with E-state index in [9.17, 15) is 0 Å². The second-order valence-electron chi connectivity index (χ2n) is 8.00. The molecule has 1 heterocycles. The Morgan fingerprint density at radius 1 is 1.16 bits per heavy atom. The maximum atomic E-state index is 3.76. The molecule has 1 saturated heterocycles. The molecule has 0 aromatic rings. The second kappa shape index (κ2) is 6.13. The fraction of sp³-hybridized carbons (Fsp3) is 1.00. The molecule has 1 saturated carbocycles. The highest BCUT2D eigenvalue weighted by molar-refractivity contribution is 4.95. The molecule has 4 atom stereocenters. The molecule has 0 bridgehead atoms. The molecule has 0 spiro atoms. The minimum Gasteiger partial charge on any atom is -0.313 e. The maximum Gasteiger partial charge on any atom is 0.0252 e. The average molecular weight is 266 g/mol. The molecule has 2 aliphatic rings. The van der Waals surface area contributed by atoms with Crippen LogP contribution in [0.3, 0.4) is 0 Å². The van der Waals surface area contributed by atoms with Gasteiger partial charge in [-0.1, -0.05) is 34.6 Å². The number of nitrogens with one attached hydrogen (secondary N) is 1. The smallest absolute Gasteiger partial charge is 0.0252 e. The third kappa shape index (κ3) is 3.72. The molecule has 0 aromatic heterocycles. The molecule has 1 aliphatic carbocycles. The summed E-state index contributed by atoms with van der Waals surface area (Å²) in [6, 6.07) is 1.51. The van der Waals surface area contributed by atoms with Gasteiger partial charge < -0.3 is 5.32 Å². The zero-order valence-electron chi connectivity index (χ0n) is 13.7. The number of likely N-dealkylation sites (tertiary alicyclic amines) is 1. The topological polar surface area (TPSA) is 15.3 Å². The first-order valence-electron chi connectivity index (χ1n) is 8.39. The molecule has 1 N–H and O–H groups in total. The van der Waals surface area contributed by atoms with Gasteiger partial charge in [0.15, 0.2) is 0 Å². The van der Waals surface area contributed by atoms with Crippen LogP contribution in [0, 0.1) is 17.3 Å². The number of nitrogens with zero attached hydrogens (tertiary/aromatic N) is 1. The van der Waals surface area contributed by atoms with Crippen molar-refractivity contribution in [1.82, 2.24) is 10.2 Å². The van der Waals surface area contributed by atoms with Crippen LogP contribution in [0.25, 0.3) is 0 Å². The lowest BCUT2D eigenvalue weighted by molar-refractivity contribution is 0.0701. The van der Waals surface area contributed by atoms with E-state index in [1.165, 1.54) is 38.8 Å². The molecule has 0 amide bonds. The molecule has 0 radical (unpaired) electrons. The van der Waals surface area contributed by atoms with Crippen molar-refractivity contribution in [2.75, 3.05) is 19.6 Å². The number of hydrogen-bond acceptors (Lipinski definition) is 2. The third-order valence-electron chi connectivity index (χ3n) is 5.43. The van der Waals surface area contributed by atoms with Crippen molar-refractivity contribution in [2.45, 2.75) is 72.4 Å². The van der Waals surface area contributed by atoms with Gasteiger partial charge in [-0.2, -0.15) is 0 Å². The first-order valence-corrected chi connectivity index (χ1v) is 8.39. The van der Waals surface area contributed by atoms with Gasteiger partial charge in [0.2, 0.25) is 0 Å². The van der Waals surface area contributed by atoms with Crippen LogP contribution >= 0.6 is 0 Å². The largest absolute Gasteiger partial charge is 0.313 e. The van der Waals surface area contributed by atoms with Crippen LogP contribution in [0.5, 0.6) is 0 Å². The monoisotopic (exact) mass is 266 g/mol. The fourth-order valence-electron chi connectivity index (χ4n) is 4.11. The van der Waals surface area contributed by atoms with E-state index in [1.54, 1.807) is 0 Å². The zero-order valence-corrected chi connectivity index (χ0v) is 13.7. The van der Waals surface area contributed by atoms with Crippen LogP contribution in [-0.2, 0) is 0 Å². The van der Waals surface area contributed by atoms with E-state index < -0.39 is 0 Å². The average Bonchev–Trinajstić information content (AvgIpc) is 2.75. The predicted molar refractivity (Wildman–Crippen MR) is 83.4 cm³/mol. The summed E-state index contributed by atoms with van der Waals surface area (Å²) < 4.78 is 0. The lowest BCUT2D eigenvalue weighted by Crippen LogP contribution is -2.53. The Morgan fingerprint density at radius 3 is 2.42 bits per heavy atom. The Balaban J connectivity index is 2.04. The minimum absolute atomic E-state index is 0.473. The van der Waals surface area contributed by atoms with Crippen LogP contribution in [-0.4, -0.2) is 36.6 Å². The van der Waals surface area contributed by atoms with Crippen molar-refractivity contribution in [3.05, 3.63) is 0 Å². The number of likely N-dealkylation sites (N-methyl/N-ethyl adjacent to an activating group) is 1. The van der Waals surface area contributed by atoms with E-state index in [4.69, 9.17) is 0 Å². The summed E-state index contributed by atoms with van der Waals surface area (Å²) in [5, 5.41) is 3.76. The van der Waals surface area contributed by atoms with E-state index in [0.717, 1.165) is 30.5 Å². The lowest BCUT2D eigenvalue weighted by atomic mass is 9.69. The van der Waals surface area contributed by atoms with Crippen molar-refractivity contribution < 1.29 is 0 Å². The summed E-state index contributed by atoms with van der Waals surface area (Å²) in [6.45, 7) is 15.7. The number of hydrogen-bond donors (Lipinski definition) is 1. The first kappa shape index (κ1) is 15.3. The van der Waals surface area contributed by atoms with Gasteiger partial charge in [0.05, 0.1) is 0 Å². The summed E-state index contributed by atoms with van der Waals surface area (Å²) in [7, 11) is 0. The molecule has 2 heteroatoms. The molecule has 2 rings (SSSR count).